The molecular weight excluding hydrogens is 232 g/mol. The van der Waals surface area contributed by atoms with E-state index in [1.54, 1.807) is 18.4 Å². The highest BCUT2D eigenvalue weighted by molar-refractivity contribution is 7.09. The van der Waals surface area contributed by atoms with Crippen molar-refractivity contribution in [3.05, 3.63) is 46.4 Å². The molecule has 0 radical (unpaired) electrons. The van der Waals surface area contributed by atoms with Crippen LogP contribution in [0.3, 0.4) is 0 Å². The molecule has 0 spiro atoms. The van der Waals surface area contributed by atoms with Gasteiger partial charge in [-0.1, -0.05) is 12.1 Å². The Morgan fingerprint density at radius 1 is 1.47 bits per heavy atom. The van der Waals surface area contributed by atoms with Crippen molar-refractivity contribution in [1.82, 2.24) is 4.98 Å². The quantitative estimate of drug-likeness (QED) is 0.879. The first-order chi connectivity index (χ1) is 8.29. The maximum absolute atomic E-state index is 5.12. The Balaban J connectivity index is 2.05. The number of nitrogens with one attached hydrogen (secondary N) is 1. The zero-order valence-electron chi connectivity index (χ0n) is 10.0. The molecule has 3 nitrogen and oxygen atoms in total. The topological polar surface area (TPSA) is 34.1 Å². The number of hydrogen-bond acceptors (Lipinski definition) is 4. The van der Waals surface area contributed by atoms with Gasteiger partial charge in [0.05, 0.1) is 18.2 Å². The van der Waals surface area contributed by atoms with Gasteiger partial charge >= 0.3 is 0 Å². The van der Waals surface area contributed by atoms with Gasteiger partial charge < -0.3 is 10.1 Å². The summed E-state index contributed by atoms with van der Waals surface area (Å²) in [7, 11) is 1.71. The molecule has 1 heterocycles. The van der Waals surface area contributed by atoms with Gasteiger partial charge in [-0.3, -0.25) is 4.98 Å². The minimum Gasteiger partial charge on any atom is -0.380 e. The van der Waals surface area contributed by atoms with E-state index in [9.17, 15) is 0 Å². The van der Waals surface area contributed by atoms with Crippen molar-refractivity contribution < 1.29 is 4.74 Å². The SMILES string of the molecule is COCc1cccc(NC(C)c2cncs2)c1. The zero-order chi connectivity index (χ0) is 12.1. The molecule has 1 aromatic carbocycles. The van der Waals surface area contributed by atoms with Gasteiger partial charge in [0.15, 0.2) is 0 Å². The van der Waals surface area contributed by atoms with E-state index in [-0.39, 0.29) is 6.04 Å². The van der Waals surface area contributed by atoms with E-state index in [4.69, 9.17) is 4.74 Å². The molecule has 1 atom stereocenters. The number of rotatable bonds is 5. The second-order valence-corrected chi connectivity index (χ2v) is 4.82. The minimum absolute atomic E-state index is 0.278. The number of hydrogen-bond donors (Lipinski definition) is 1. The van der Waals surface area contributed by atoms with Crippen molar-refractivity contribution >= 4 is 17.0 Å². The van der Waals surface area contributed by atoms with Crippen molar-refractivity contribution in [3.63, 3.8) is 0 Å². The van der Waals surface area contributed by atoms with E-state index in [2.05, 4.69) is 35.4 Å². The Kier molecular flexibility index (Phi) is 4.12. The molecule has 4 heteroatoms. The van der Waals surface area contributed by atoms with Gasteiger partial charge in [0.2, 0.25) is 0 Å². The van der Waals surface area contributed by atoms with Crippen LogP contribution < -0.4 is 5.32 Å². The second kappa shape index (κ2) is 5.80. The zero-order valence-corrected chi connectivity index (χ0v) is 10.8. The summed E-state index contributed by atoms with van der Waals surface area (Å²) in [4.78, 5) is 5.33. The van der Waals surface area contributed by atoms with Gasteiger partial charge in [-0.2, -0.15) is 0 Å². The van der Waals surface area contributed by atoms with Crippen LogP contribution in [0.2, 0.25) is 0 Å². The maximum Gasteiger partial charge on any atom is 0.0795 e. The number of thiazole rings is 1. The van der Waals surface area contributed by atoms with Crippen LogP contribution in [0.25, 0.3) is 0 Å². The average Bonchev–Trinajstić information content (AvgIpc) is 2.83. The van der Waals surface area contributed by atoms with Crippen LogP contribution in [0.15, 0.2) is 36.0 Å². The molecule has 1 aromatic heterocycles. The molecule has 0 saturated heterocycles. The summed E-state index contributed by atoms with van der Waals surface area (Å²) in [6, 6.07) is 8.56. The molecule has 0 amide bonds. The lowest BCUT2D eigenvalue weighted by Crippen LogP contribution is -2.05. The molecule has 0 aliphatic heterocycles. The van der Waals surface area contributed by atoms with Gasteiger partial charge in [-0.05, 0) is 24.6 Å². The average molecular weight is 248 g/mol. The summed E-state index contributed by atoms with van der Waals surface area (Å²) in [5, 5.41) is 3.46. The van der Waals surface area contributed by atoms with E-state index in [0.29, 0.717) is 6.61 Å². The molecule has 1 unspecified atom stereocenters. The molecule has 2 rings (SSSR count). The molecule has 17 heavy (non-hydrogen) atoms. The van der Waals surface area contributed by atoms with Crippen LogP contribution in [-0.2, 0) is 11.3 Å². The van der Waals surface area contributed by atoms with Crippen molar-refractivity contribution in [2.24, 2.45) is 0 Å². The smallest absolute Gasteiger partial charge is 0.0795 e. The molecular formula is C13H16N2OS. The maximum atomic E-state index is 5.12. The molecule has 0 saturated carbocycles. The lowest BCUT2D eigenvalue weighted by molar-refractivity contribution is 0.185. The summed E-state index contributed by atoms with van der Waals surface area (Å²) < 4.78 is 5.12. The number of aromatic nitrogens is 1. The van der Waals surface area contributed by atoms with Gasteiger partial charge in [-0.15, -0.1) is 11.3 Å². The monoisotopic (exact) mass is 248 g/mol. The highest BCUT2D eigenvalue weighted by atomic mass is 32.1. The highest BCUT2D eigenvalue weighted by Crippen LogP contribution is 2.22. The van der Waals surface area contributed by atoms with E-state index < -0.39 is 0 Å². The fourth-order valence-corrected chi connectivity index (χ4v) is 2.31. The third kappa shape index (κ3) is 3.28. The Hall–Kier alpha value is -1.39. The van der Waals surface area contributed by atoms with Gasteiger partial charge in [0, 0.05) is 23.9 Å². The summed E-state index contributed by atoms with van der Waals surface area (Å²) in [6.07, 6.45) is 1.90. The van der Waals surface area contributed by atoms with E-state index in [1.165, 1.54) is 10.4 Å². The minimum atomic E-state index is 0.278. The van der Waals surface area contributed by atoms with Crippen molar-refractivity contribution in [2.45, 2.75) is 19.6 Å². The number of benzene rings is 1. The van der Waals surface area contributed by atoms with Crippen LogP contribution >= 0.6 is 11.3 Å². The molecule has 90 valence electrons. The van der Waals surface area contributed by atoms with Gasteiger partial charge in [0.25, 0.3) is 0 Å². The van der Waals surface area contributed by atoms with Crippen molar-refractivity contribution in [3.8, 4) is 0 Å². The van der Waals surface area contributed by atoms with Crippen LogP contribution in [0.5, 0.6) is 0 Å². The Morgan fingerprint density at radius 2 is 2.35 bits per heavy atom. The predicted octanol–water partition coefficient (Wildman–Crippen LogP) is 3.46. The normalized spacial score (nSPS) is 12.4. The predicted molar refractivity (Wildman–Crippen MR) is 71.3 cm³/mol. The summed E-state index contributed by atoms with van der Waals surface area (Å²) in [6.45, 7) is 2.78. The first kappa shape index (κ1) is 12.1. The molecule has 0 aliphatic rings. The van der Waals surface area contributed by atoms with E-state index in [0.717, 1.165) is 5.69 Å². The Bertz CT molecular complexity index is 456. The first-order valence-corrected chi connectivity index (χ1v) is 6.40. The van der Waals surface area contributed by atoms with Gasteiger partial charge in [0.1, 0.15) is 0 Å². The number of anilines is 1. The molecule has 2 aromatic rings. The number of ether oxygens (including phenoxy) is 1. The molecule has 0 bridgehead atoms. The number of methoxy groups -OCH3 is 1. The van der Waals surface area contributed by atoms with E-state index in [1.807, 2.05) is 17.8 Å². The van der Waals surface area contributed by atoms with Crippen LogP contribution in [0, 0.1) is 0 Å². The molecule has 1 N–H and O–H groups in total. The Morgan fingerprint density at radius 3 is 3.06 bits per heavy atom. The molecule has 0 fully saturated rings. The van der Waals surface area contributed by atoms with Gasteiger partial charge in [-0.25, -0.2) is 0 Å². The first-order valence-electron chi connectivity index (χ1n) is 5.52. The van der Waals surface area contributed by atoms with Crippen molar-refractivity contribution in [2.75, 3.05) is 12.4 Å². The largest absolute Gasteiger partial charge is 0.380 e. The van der Waals surface area contributed by atoms with E-state index >= 15 is 0 Å². The summed E-state index contributed by atoms with van der Waals surface area (Å²) in [5.41, 5.74) is 4.14. The third-order valence-corrected chi connectivity index (χ3v) is 3.46. The fourth-order valence-electron chi connectivity index (χ4n) is 1.68. The lowest BCUT2D eigenvalue weighted by Gasteiger charge is -2.14. The lowest BCUT2D eigenvalue weighted by atomic mass is 10.2. The Labute approximate surface area is 105 Å². The van der Waals surface area contributed by atoms with Crippen molar-refractivity contribution in [1.29, 1.82) is 0 Å². The van der Waals surface area contributed by atoms with Crippen LogP contribution in [0.1, 0.15) is 23.4 Å². The summed E-state index contributed by atoms with van der Waals surface area (Å²) in [5.74, 6) is 0. The number of nitrogens with zero attached hydrogens (tertiary/aromatic N) is 1. The summed E-state index contributed by atoms with van der Waals surface area (Å²) >= 11 is 1.67. The molecule has 0 aliphatic carbocycles. The second-order valence-electron chi connectivity index (χ2n) is 3.90. The highest BCUT2D eigenvalue weighted by Gasteiger charge is 2.06. The standard InChI is InChI=1S/C13H16N2OS/c1-10(13-7-14-9-17-13)15-12-5-3-4-11(6-12)8-16-2/h3-7,9-10,15H,8H2,1-2H3. The fraction of sp³-hybridized carbons (Fsp3) is 0.308. The van der Waals surface area contributed by atoms with Crippen LogP contribution in [0.4, 0.5) is 5.69 Å². The van der Waals surface area contributed by atoms with Crippen LogP contribution in [-0.4, -0.2) is 12.1 Å². The third-order valence-electron chi connectivity index (χ3n) is 2.50.